The summed E-state index contributed by atoms with van der Waals surface area (Å²) in [7, 11) is 0. The Morgan fingerprint density at radius 3 is 2.48 bits per heavy atom. The maximum Gasteiger partial charge on any atom is 0.325 e. The molecular weight excluding hydrogens is 390 g/mol. The summed E-state index contributed by atoms with van der Waals surface area (Å²) < 4.78 is 0. The van der Waals surface area contributed by atoms with Crippen LogP contribution in [0.5, 0.6) is 0 Å². The highest BCUT2D eigenvalue weighted by Gasteiger charge is 2.49. The molecule has 4 amide bonds. The Kier molecular flexibility index (Phi) is 5.94. The third-order valence-electron chi connectivity index (χ3n) is 5.38. The molecule has 2 aromatic rings. The molecule has 0 aromatic heterocycles. The molecule has 0 radical (unpaired) electrons. The molecule has 6 nitrogen and oxygen atoms in total. The van der Waals surface area contributed by atoms with Crippen molar-refractivity contribution in [3.63, 3.8) is 0 Å². The number of halogens is 1. The number of anilines is 1. The van der Waals surface area contributed by atoms with E-state index in [1.807, 2.05) is 24.3 Å². The smallest absolute Gasteiger partial charge is 0.324 e. The van der Waals surface area contributed by atoms with Crippen molar-refractivity contribution >= 4 is 35.1 Å². The van der Waals surface area contributed by atoms with Gasteiger partial charge in [0.15, 0.2) is 0 Å². The van der Waals surface area contributed by atoms with Crippen LogP contribution in [0.4, 0.5) is 10.5 Å². The van der Waals surface area contributed by atoms with E-state index in [4.69, 9.17) is 11.6 Å². The maximum absolute atomic E-state index is 13.0. The Labute approximate surface area is 175 Å². The lowest BCUT2D eigenvalue weighted by Gasteiger charge is -2.22. The van der Waals surface area contributed by atoms with Crippen molar-refractivity contribution in [3.8, 4) is 0 Å². The van der Waals surface area contributed by atoms with E-state index in [-0.39, 0.29) is 12.5 Å². The van der Waals surface area contributed by atoms with Crippen molar-refractivity contribution in [1.29, 1.82) is 0 Å². The lowest BCUT2D eigenvalue weighted by atomic mass is 9.92. The van der Waals surface area contributed by atoms with Gasteiger partial charge in [-0.15, -0.1) is 0 Å². The largest absolute Gasteiger partial charge is 0.325 e. The van der Waals surface area contributed by atoms with Crippen LogP contribution in [-0.4, -0.2) is 29.3 Å². The van der Waals surface area contributed by atoms with Gasteiger partial charge >= 0.3 is 6.03 Å². The fourth-order valence-electron chi connectivity index (χ4n) is 3.41. The molecule has 2 N–H and O–H groups in total. The standard InChI is InChI=1S/C22H24ClN3O3/c1-4-14(2)17-7-5-6-8-18(17)24-19(27)13-26-20(28)22(3,25-21(26)29)15-9-11-16(23)12-10-15/h5-12,14H,4,13H2,1-3H3,(H,24,27)(H,25,29)/t14-,22+/m1/s1. The van der Waals surface area contributed by atoms with Crippen molar-refractivity contribution in [2.24, 2.45) is 0 Å². The predicted molar refractivity (Wildman–Crippen MR) is 113 cm³/mol. The summed E-state index contributed by atoms with van der Waals surface area (Å²) in [5, 5.41) is 6.06. The van der Waals surface area contributed by atoms with E-state index in [2.05, 4.69) is 24.5 Å². The molecule has 1 aliphatic heterocycles. The van der Waals surface area contributed by atoms with Crippen LogP contribution in [0.2, 0.25) is 5.02 Å². The summed E-state index contributed by atoms with van der Waals surface area (Å²) in [4.78, 5) is 39.0. The number of hydrogen-bond donors (Lipinski definition) is 2. The quantitative estimate of drug-likeness (QED) is 0.694. The Hall–Kier alpha value is -2.86. The number of rotatable bonds is 6. The van der Waals surface area contributed by atoms with Crippen LogP contribution in [0.1, 0.15) is 44.2 Å². The van der Waals surface area contributed by atoms with Crippen molar-refractivity contribution in [2.45, 2.75) is 38.6 Å². The second-order valence-electron chi connectivity index (χ2n) is 7.40. The Balaban J connectivity index is 1.75. The number of urea groups is 1. The van der Waals surface area contributed by atoms with E-state index in [0.717, 1.165) is 16.9 Å². The second-order valence-corrected chi connectivity index (χ2v) is 7.83. The van der Waals surface area contributed by atoms with Gasteiger partial charge in [0, 0.05) is 10.7 Å². The average Bonchev–Trinajstić information content (AvgIpc) is 2.92. The maximum atomic E-state index is 13.0. The van der Waals surface area contributed by atoms with Gasteiger partial charge in [0.05, 0.1) is 0 Å². The molecular formula is C22H24ClN3O3. The Morgan fingerprint density at radius 1 is 1.17 bits per heavy atom. The van der Waals surface area contributed by atoms with Gasteiger partial charge in [-0.05, 0) is 48.6 Å². The van der Waals surface area contributed by atoms with E-state index in [0.29, 0.717) is 16.3 Å². The van der Waals surface area contributed by atoms with Crippen molar-refractivity contribution in [1.82, 2.24) is 10.2 Å². The number of nitrogens with one attached hydrogen (secondary N) is 2. The van der Waals surface area contributed by atoms with E-state index in [1.165, 1.54) is 0 Å². The fraction of sp³-hybridized carbons (Fsp3) is 0.318. The van der Waals surface area contributed by atoms with Crippen LogP contribution < -0.4 is 10.6 Å². The first-order chi connectivity index (χ1) is 13.8. The lowest BCUT2D eigenvalue weighted by Crippen LogP contribution is -2.42. The minimum Gasteiger partial charge on any atom is -0.324 e. The monoisotopic (exact) mass is 413 g/mol. The highest BCUT2D eigenvalue weighted by molar-refractivity contribution is 6.30. The molecule has 0 unspecified atom stereocenters. The minimum atomic E-state index is -1.24. The van der Waals surface area contributed by atoms with Crippen molar-refractivity contribution in [3.05, 3.63) is 64.7 Å². The van der Waals surface area contributed by atoms with Crippen LogP contribution in [0.15, 0.2) is 48.5 Å². The molecule has 1 fully saturated rings. The number of para-hydroxylation sites is 1. The third kappa shape index (κ3) is 4.12. The van der Waals surface area contributed by atoms with E-state index < -0.39 is 23.4 Å². The minimum absolute atomic E-state index is 0.274. The summed E-state index contributed by atoms with van der Waals surface area (Å²) in [5.74, 6) is -0.629. The first-order valence-corrected chi connectivity index (χ1v) is 9.93. The number of hydrogen-bond acceptors (Lipinski definition) is 3. The number of nitrogens with zero attached hydrogens (tertiary/aromatic N) is 1. The highest BCUT2D eigenvalue weighted by atomic mass is 35.5. The van der Waals surface area contributed by atoms with Crippen LogP contribution in [0.25, 0.3) is 0 Å². The molecule has 29 heavy (non-hydrogen) atoms. The molecule has 0 saturated carbocycles. The van der Waals surface area contributed by atoms with Gasteiger partial charge in [-0.3, -0.25) is 14.5 Å². The molecule has 0 aliphatic carbocycles. The lowest BCUT2D eigenvalue weighted by molar-refractivity contribution is -0.133. The van der Waals surface area contributed by atoms with Gasteiger partial charge in [0.25, 0.3) is 5.91 Å². The molecule has 1 aliphatic rings. The Morgan fingerprint density at radius 2 is 1.83 bits per heavy atom. The van der Waals surface area contributed by atoms with E-state index in [9.17, 15) is 14.4 Å². The molecule has 0 bridgehead atoms. The number of carbonyl (C=O) groups excluding carboxylic acids is 3. The predicted octanol–water partition coefficient (Wildman–Crippen LogP) is 4.26. The zero-order valence-electron chi connectivity index (χ0n) is 16.7. The van der Waals surface area contributed by atoms with Gasteiger partial charge in [0.1, 0.15) is 12.1 Å². The molecule has 0 spiro atoms. The molecule has 2 atom stereocenters. The molecule has 7 heteroatoms. The zero-order chi connectivity index (χ0) is 21.2. The summed E-state index contributed by atoms with van der Waals surface area (Å²) in [6.45, 7) is 5.42. The number of imide groups is 1. The SMILES string of the molecule is CC[C@@H](C)c1ccccc1NC(=O)CN1C(=O)N[C@@](C)(c2ccc(Cl)cc2)C1=O. The van der Waals surface area contributed by atoms with Crippen LogP contribution in [0.3, 0.4) is 0 Å². The third-order valence-corrected chi connectivity index (χ3v) is 5.63. The van der Waals surface area contributed by atoms with Crippen molar-refractivity contribution in [2.75, 3.05) is 11.9 Å². The molecule has 3 rings (SSSR count). The van der Waals surface area contributed by atoms with Gasteiger partial charge in [-0.1, -0.05) is 55.8 Å². The first kappa shape index (κ1) is 20.9. The van der Waals surface area contributed by atoms with Crippen LogP contribution in [-0.2, 0) is 15.1 Å². The topological polar surface area (TPSA) is 78.5 Å². The molecule has 152 valence electrons. The second kappa shape index (κ2) is 8.25. The fourth-order valence-corrected chi connectivity index (χ4v) is 3.54. The average molecular weight is 414 g/mol. The van der Waals surface area contributed by atoms with Gasteiger partial charge in [-0.25, -0.2) is 4.79 Å². The first-order valence-electron chi connectivity index (χ1n) is 9.55. The number of amides is 4. The molecule has 1 heterocycles. The van der Waals surface area contributed by atoms with Gasteiger partial charge < -0.3 is 10.6 Å². The Bertz CT molecular complexity index is 945. The van der Waals surface area contributed by atoms with E-state index in [1.54, 1.807) is 31.2 Å². The molecule has 2 aromatic carbocycles. The summed E-state index contributed by atoms with van der Waals surface area (Å²) >= 11 is 5.91. The van der Waals surface area contributed by atoms with E-state index >= 15 is 0 Å². The molecule has 1 saturated heterocycles. The van der Waals surface area contributed by atoms with Crippen molar-refractivity contribution < 1.29 is 14.4 Å². The summed E-state index contributed by atoms with van der Waals surface area (Å²) in [5.41, 5.74) is 1.08. The highest BCUT2D eigenvalue weighted by Crippen LogP contribution is 2.30. The number of carbonyl (C=O) groups is 3. The van der Waals surface area contributed by atoms with Crippen LogP contribution in [0, 0.1) is 0 Å². The van der Waals surface area contributed by atoms with Crippen LogP contribution >= 0.6 is 11.6 Å². The summed E-state index contributed by atoms with van der Waals surface area (Å²) in [6, 6.07) is 13.6. The summed E-state index contributed by atoms with van der Waals surface area (Å²) in [6.07, 6.45) is 0.930. The normalized spacial score (nSPS) is 19.8. The van der Waals surface area contributed by atoms with Gasteiger partial charge in [-0.2, -0.15) is 0 Å². The van der Waals surface area contributed by atoms with Gasteiger partial charge in [0.2, 0.25) is 5.91 Å². The number of benzene rings is 2. The zero-order valence-corrected chi connectivity index (χ0v) is 17.4.